The lowest BCUT2D eigenvalue weighted by Crippen LogP contribution is -2.50. The van der Waals surface area contributed by atoms with Crippen molar-refractivity contribution in [2.24, 2.45) is 5.73 Å². The van der Waals surface area contributed by atoms with Crippen LogP contribution >= 0.6 is 0 Å². The largest absolute Gasteiger partial charge is 0.334 e. The summed E-state index contributed by atoms with van der Waals surface area (Å²) in [5.74, 6) is 0.725. The van der Waals surface area contributed by atoms with Gasteiger partial charge in [-0.2, -0.15) is 0 Å². The summed E-state index contributed by atoms with van der Waals surface area (Å²) in [4.78, 5) is 4.11. The van der Waals surface area contributed by atoms with Crippen molar-refractivity contribution in [3.8, 4) is 0 Å². The van der Waals surface area contributed by atoms with Gasteiger partial charge in [0.25, 0.3) is 10.0 Å². The van der Waals surface area contributed by atoms with E-state index in [0.717, 1.165) is 18.8 Å². The molecule has 0 bridgehead atoms. The Hall–Kier alpha value is -0.920. The van der Waals surface area contributed by atoms with Crippen LogP contribution in [0.2, 0.25) is 0 Å². The van der Waals surface area contributed by atoms with Crippen LogP contribution in [0.25, 0.3) is 0 Å². The average Bonchev–Trinajstić information content (AvgIpc) is 2.59. The Morgan fingerprint density at radius 2 is 2.22 bits per heavy atom. The number of nitrogens with zero attached hydrogens (tertiary/aromatic N) is 2. The lowest BCUT2D eigenvalue weighted by molar-refractivity contribution is 0.327. The highest BCUT2D eigenvalue weighted by Crippen LogP contribution is 2.20. The number of imidazole rings is 1. The monoisotopic (exact) mass is 272 g/mol. The van der Waals surface area contributed by atoms with Crippen molar-refractivity contribution < 1.29 is 8.42 Å². The Kier molecular flexibility index (Phi) is 3.74. The van der Waals surface area contributed by atoms with Gasteiger partial charge in [0.2, 0.25) is 0 Å². The van der Waals surface area contributed by atoms with Gasteiger partial charge < -0.3 is 10.3 Å². The topological polar surface area (TPSA) is 90.0 Å². The molecular formula is C11H20N4O2S. The van der Waals surface area contributed by atoms with Crippen LogP contribution in [-0.4, -0.2) is 30.1 Å². The van der Waals surface area contributed by atoms with Crippen molar-refractivity contribution in [2.75, 3.05) is 0 Å². The molecule has 1 aromatic heterocycles. The van der Waals surface area contributed by atoms with Crippen LogP contribution in [0.3, 0.4) is 0 Å². The predicted octanol–water partition coefficient (Wildman–Crippen LogP) is 0.370. The van der Waals surface area contributed by atoms with Gasteiger partial charge >= 0.3 is 0 Å². The Labute approximate surface area is 108 Å². The van der Waals surface area contributed by atoms with E-state index in [1.807, 2.05) is 18.4 Å². The second-order valence-electron chi connectivity index (χ2n) is 4.87. The first-order valence-corrected chi connectivity index (χ1v) is 7.72. The molecule has 1 heterocycles. The minimum absolute atomic E-state index is 0.0402. The normalized spacial score (nSPS) is 23.9. The second-order valence-corrected chi connectivity index (χ2v) is 6.53. The highest BCUT2D eigenvalue weighted by molar-refractivity contribution is 7.89. The Balaban J connectivity index is 2.11. The molecule has 0 saturated heterocycles. The highest BCUT2D eigenvalue weighted by Gasteiger charge is 2.31. The van der Waals surface area contributed by atoms with Crippen molar-refractivity contribution >= 4 is 10.0 Å². The highest BCUT2D eigenvalue weighted by atomic mass is 32.2. The quantitative estimate of drug-likeness (QED) is 0.810. The van der Waals surface area contributed by atoms with Crippen LogP contribution < -0.4 is 10.5 Å². The van der Waals surface area contributed by atoms with E-state index in [1.54, 1.807) is 6.20 Å². The van der Waals surface area contributed by atoms with E-state index in [-0.39, 0.29) is 17.1 Å². The Bertz CT molecular complexity index is 517. The minimum Gasteiger partial charge on any atom is -0.334 e. The summed E-state index contributed by atoms with van der Waals surface area (Å²) in [7, 11) is -3.50. The fourth-order valence-corrected chi connectivity index (χ4v) is 3.38. The molecule has 0 atom stereocenters. The van der Waals surface area contributed by atoms with E-state index in [2.05, 4.69) is 9.71 Å². The number of aryl methyl sites for hydroxylation is 2. The third-order valence-electron chi connectivity index (χ3n) is 3.19. The standard InChI is InChI=1S/C11H20N4O2S/c1-3-4-15-7-11(13-8(15)2)18(16,17)14-10-5-9(12)6-10/h7,9-10,14H,3-6,12H2,1-2H3. The van der Waals surface area contributed by atoms with Gasteiger partial charge in [0, 0.05) is 24.8 Å². The number of rotatable bonds is 5. The summed E-state index contributed by atoms with van der Waals surface area (Å²) in [5, 5.41) is 0.105. The molecule has 0 unspecified atom stereocenters. The van der Waals surface area contributed by atoms with Crippen molar-refractivity contribution in [2.45, 2.75) is 56.8 Å². The maximum atomic E-state index is 12.1. The molecule has 102 valence electrons. The van der Waals surface area contributed by atoms with E-state index in [1.165, 1.54) is 0 Å². The van der Waals surface area contributed by atoms with Crippen molar-refractivity contribution in [1.82, 2.24) is 14.3 Å². The SMILES string of the molecule is CCCn1cc(S(=O)(=O)NC2CC(N)C2)nc1C. The molecule has 7 heteroatoms. The van der Waals surface area contributed by atoms with Gasteiger partial charge in [-0.1, -0.05) is 6.92 Å². The maximum absolute atomic E-state index is 12.1. The van der Waals surface area contributed by atoms with Crippen LogP contribution in [0, 0.1) is 6.92 Å². The summed E-state index contributed by atoms with van der Waals surface area (Å²) in [6, 6.07) is 0.0821. The number of nitrogens with two attached hydrogens (primary N) is 1. The van der Waals surface area contributed by atoms with Gasteiger partial charge in [0.1, 0.15) is 5.82 Å². The smallest absolute Gasteiger partial charge is 0.259 e. The van der Waals surface area contributed by atoms with Crippen molar-refractivity contribution in [3.63, 3.8) is 0 Å². The third-order valence-corrected chi connectivity index (χ3v) is 4.58. The van der Waals surface area contributed by atoms with E-state index in [9.17, 15) is 8.42 Å². The molecule has 1 aliphatic rings. The molecule has 1 fully saturated rings. The molecular weight excluding hydrogens is 252 g/mol. The van der Waals surface area contributed by atoms with Crippen LogP contribution in [0.1, 0.15) is 32.0 Å². The molecule has 0 amide bonds. The number of sulfonamides is 1. The number of aromatic nitrogens is 2. The molecule has 1 aliphatic carbocycles. The molecule has 1 aromatic rings. The number of nitrogens with one attached hydrogen (secondary N) is 1. The molecule has 18 heavy (non-hydrogen) atoms. The second kappa shape index (κ2) is 4.99. The van der Waals surface area contributed by atoms with Gasteiger partial charge in [-0.05, 0) is 26.2 Å². The average molecular weight is 272 g/mol. The first-order valence-electron chi connectivity index (χ1n) is 6.24. The van der Waals surface area contributed by atoms with Crippen molar-refractivity contribution in [1.29, 1.82) is 0 Å². The van der Waals surface area contributed by atoms with Gasteiger partial charge in [-0.25, -0.2) is 18.1 Å². The van der Waals surface area contributed by atoms with Crippen LogP contribution in [0.4, 0.5) is 0 Å². The number of hydrogen-bond donors (Lipinski definition) is 2. The molecule has 0 aliphatic heterocycles. The van der Waals surface area contributed by atoms with E-state index in [0.29, 0.717) is 12.8 Å². The van der Waals surface area contributed by atoms with Crippen LogP contribution in [0.15, 0.2) is 11.2 Å². The van der Waals surface area contributed by atoms with Gasteiger partial charge in [0.15, 0.2) is 5.03 Å². The lowest BCUT2D eigenvalue weighted by atomic mass is 9.89. The zero-order valence-electron chi connectivity index (χ0n) is 10.8. The molecule has 0 aromatic carbocycles. The van der Waals surface area contributed by atoms with E-state index in [4.69, 9.17) is 5.73 Å². The van der Waals surface area contributed by atoms with Gasteiger partial charge in [0.05, 0.1) is 0 Å². The first-order chi connectivity index (χ1) is 8.42. The Morgan fingerprint density at radius 1 is 1.56 bits per heavy atom. The van der Waals surface area contributed by atoms with Gasteiger partial charge in [-0.15, -0.1) is 0 Å². The summed E-state index contributed by atoms with van der Waals surface area (Å²) < 4.78 is 28.7. The van der Waals surface area contributed by atoms with Crippen molar-refractivity contribution in [3.05, 3.63) is 12.0 Å². The van der Waals surface area contributed by atoms with Crippen LogP contribution in [0.5, 0.6) is 0 Å². The minimum atomic E-state index is -3.50. The summed E-state index contributed by atoms with van der Waals surface area (Å²) in [6.45, 7) is 4.64. The van der Waals surface area contributed by atoms with E-state index < -0.39 is 10.0 Å². The van der Waals surface area contributed by atoms with Crippen LogP contribution in [-0.2, 0) is 16.6 Å². The predicted molar refractivity (Wildman–Crippen MR) is 68.6 cm³/mol. The molecule has 3 N–H and O–H groups in total. The third kappa shape index (κ3) is 2.73. The lowest BCUT2D eigenvalue weighted by Gasteiger charge is -2.32. The zero-order valence-corrected chi connectivity index (χ0v) is 11.6. The fourth-order valence-electron chi connectivity index (χ4n) is 2.11. The zero-order chi connectivity index (χ0) is 13.3. The first kappa shape index (κ1) is 13.5. The molecule has 0 spiro atoms. The number of hydrogen-bond acceptors (Lipinski definition) is 4. The molecule has 2 rings (SSSR count). The summed E-state index contributed by atoms with van der Waals surface area (Å²) in [5.41, 5.74) is 5.64. The summed E-state index contributed by atoms with van der Waals surface area (Å²) in [6.07, 6.45) is 3.95. The molecule has 6 nitrogen and oxygen atoms in total. The van der Waals surface area contributed by atoms with E-state index >= 15 is 0 Å². The molecule has 1 saturated carbocycles. The Morgan fingerprint density at radius 3 is 2.78 bits per heavy atom. The molecule has 0 radical (unpaired) electrons. The maximum Gasteiger partial charge on any atom is 0.259 e. The fraction of sp³-hybridized carbons (Fsp3) is 0.727. The summed E-state index contributed by atoms with van der Waals surface area (Å²) >= 11 is 0. The van der Waals surface area contributed by atoms with Gasteiger partial charge in [-0.3, -0.25) is 0 Å².